The molecule has 0 spiro atoms. The molecule has 272 valence electrons. The molecule has 0 N–H and O–H groups in total. The number of para-hydroxylation sites is 1. The highest BCUT2D eigenvalue weighted by Crippen LogP contribution is 2.47. The van der Waals surface area contributed by atoms with Crippen molar-refractivity contribution in [3.63, 3.8) is 0 Å². The van der Waals surface area contributed by atoms with E-state index >= 15 is 0 Å². The molecule has 0 saturated heterocycles. The first-order chi connectivity index (χ1) is 28.8. The molecule has 2 heteroatoms. The molecule has 0 unspecified atom stereocenters. The van der Waals surface area contributed by atoms with E-state index in [0.29, 0.717) is 0 Å². The number of nitrogens with zero attached hydrogens (tertiary/aromatic N) is 1. The van der Waals surface area contributed by atoms with Crippen LogP contribution in [0.2, 0.25) is 0 Å². The van der Waals surface area contributed by atoms with Crippen LogP contribution >= 0.6 is 0 Å². The van der Waals surface area contributed by atoms with E-state index in [9.17, 15) is 0 Å². The largest absolute Gasteiger partial charge is 0.455 e. The van der Waals surface area contributed by atoms with Crippen LogP contribution in [0.1, 0.15) is 0 Å². The molecular formula is C56H37NO. The minimum absolute atomic E-state index is 0.884. The van der Waals surface area contributed by atoms with E-state index in [0.717, 1.165) is 72.2 Å². The summed E-state index contributed by atoms with van der Waals surface area (Å²) in [7, 11) is 0. The standard InChI is InChI=1S/C56H37NO/c1-3-15-38(16-4-1)42-30-33-54(51(36-42)40-17-5-2-6-18-40)57(45-23-13-22-43(35-45)47-27-14-21-39-19-7-9-24-46(39)47)53-28-12-11-25-48(53)44-31-34-55-52(37-44)50-32-29-41-20-8-10-26-49(41)56(50)58-55/h1-37H. The van der Waals surface area contributed by atoms with Gasteiger partial charge in [-0.25, -0.2) is 0 Å². The van der Waals surface area contributed by atoms with Crippen LogP contribution in [0.25, 0.3) is 88.0 Å². The van der Waals surface area contributed by atoms with Crippen molar-refractivity contribution in [1.29, 1.82) is 0 Å². The summed E-state index contributed by atoms with van der Waals surface area (Å²) in [6.07, 6.45) is 0. The summed E-state index contributed by atoms with van der Waals surface area (Å²) in [4.78, 5) is 2.45. The lowest BCUT2D eigenvalue weighted by atomic mass is 9.94. The maximum atomic E-state index is 6.56. The number of fused-ring (bicyclic) bond motifs is 6. The Labute approximate surface area is 337 Å². The second kappa shape index (κ2) is 14.1. The van der Waals surface area contributed by atoms with Gasteiger partial charge < -0.3 is 9.32 Å². The third-order valence-corrected chi connectivity index (χ3v) is 11.5. The molecule has 0 amide bonds. The first kappa shape index (κ1) is 33.6. The Morgan fingerprint density at radius 2 is 0.897 bits per heavy atom. The molecule has 1 heterocycles. The van der Waals surface area contributed by atoms with Gasteiger partial charge in [0, 0.05) is 33.0 Å². The van der Waals surface area contributed by atoms with Crippen LogP contribution in [0, 0.1) is 0 Å². The van der Waals surface area contributed by atoms with Crippen LogP contribution in [0.15, 0.2) is 229 Å². The lowest BCUT2D eigenvalue weighted by Crippen LogP contribution is -2.12. The molecule has 10 aromatic carbocycles. The van der Waals surface area contributed by atoms with Crippen LogP contribution in [0.4, 0.5) is 17.1 Å². The maximum Gasteiger partial charge on any atom is 0.143 e. The van der Waals surface area contributed by atoms with Crippen LogP contribution in [0.3, 0.4) is 0 Å². The Kier molecular flexibility index (Phi) is 8.19. The van der Waals surface area contributed by atoms with Crippen molar-refractivity contribution in [2.45, 2.75) is 0 Å². The van der Waals surface area contributed by atoms with Crippen LogP contribution in [-0.4, -0.2) is 0 Å². The second-order valence-electron chi connectivity index (χ2n) is 14.9. The van der Waals surface area contributed by atoms with Gasteiger partial charge >= 0.3 is 0 Å². The molecule has 11 rings (SSSR count). The topological polar surface area (TPSA) is 16.4 Å². The van der Waals surface area contributed by atoms with Gasteiger partial charge in [-0.1, -0.05) is 176 Å². The van der Waals surface area contributed by atoms with Crippen LogP contribution in [-0.2, 0) is 0 Å². The average Bonchev–Trinajstić information content (AvgIpc) is 3.68. The molecule has 0 bridgehead atoms. The molecule has 0 saturated carbocycles. The molecule has 11 aromatic rings. The maximum absolute atomic E-state index is 6.56. The van der Waals surface area contributed by atoms with Crippen LogP contribution in [0.5, 0.6) is 0 Å². The Hall–Kier alpha value is -7.68. The predicted octanol–water partition coefficient (Wildman–Crippen LogP) is 16.0. The van der Waals surface area contributed by atoms with E-state index in [1.807, 2.05) is 0 Å². The van der Waals surface area contributed by atoms with Crippen molar-refractivity contribution in [1.82, 2.24) is 0 Å². The number of benzene rings is 10. The van der Waals surface area contributed by atoms with E-state index in [1.54, 1.807) is 0 Å². The monoisotopic (exact) mass is 739 g/mol. The van der Waals surface area contributed by atoms with Gasteiger partial charge in [0.2, 0.25) is 0 Å². The molecular weight excluding hydrogens is 703 g/mol. The Morgan fingerprint density at radius 1 is 0.293 bits per heavy atom. The summed E-state index contributed by atoms with van der Waals surface area (Å²) in [5.41, 5.74) is 14.3. The van der Waals surface area contributed by atoms with Gasteiger partial charge in [0.05, 0.1) is 11.4 Å². The van der Waals surface area contributed by atoms with E-state index in [2.05, 4.69) is 229 Å². The van der Waals surface area contributed by atoms with Gasteiger partial charge in [-0.05, 0) is 98.1 Å². The van der Waals surface area contributed by atoms with Crippen LogP contribution < -0.4 is 4.90 Å². The first-order valence-electron chi connectivity index (χ1n) is 19.8. The fourth-order valence-corrected chi connectivity index (χ4v) is 8.67. The Bertz CT molecular complexity index is 3280. The van der Waals surface area contributed by atoms with Gasteiger partial charge in [-0.15, -0.1) is 0 Å². The smallest absolute Gasteiger partial charge is 0.143 e. The molecule has 0 aliphatic carbocycles. The number of anilines is 3. The Balaban J connectivity index is 1.15. The fraction of sp³-hybridized carbons (Fsp3) is 0. The van der Waals surface area contributed by atoms with Crippen molar-refractivity contribution < 1.29 is 4.42 Å². The van der Waals surface area contributed by atoms with Crippen molar-refractivity contribution in [2.24, 2.45) is 0 Å². The van der Waals surface area contributed by atoms with E-state index in [4.69, 9.17) is 4.42 Å². The molecule has 0 atom stereocenters. The number of hydrogen-bond acceptors (Lipinski definition) is 2. The minimum Gasteiger partial charge on any atom is -0.455 e. The summed E-state index contributed by atoms with van der Waals surface area (Å²) >= 11 is 0. The third-order valence-electron chi connectivity index (χ3n) is 11.5. The number of hydrogen-bond donors (Lipinski definition) is 0. The molecule has 0 fully saturated rings. The molecule has 2 nitrogen and oxygen atoms in total. The van der Waals surface area contributed by atoms with E-state index < -0.39 is 0 Å². The first-order valence-corrected chi connectivity index (χ1v) is 19.8. The summed E-state index contributed by atoms with van der Waals surface area (Å²) in [5.74, 6) is 0. The zero-order chi connectivity index (χ0) is 38.4. The van der Waals surface area contributed by atoms with Crippen molar-refractivity contribution in [3.05, 3.63) is 224 Å². The van der Waals surface area contributed by atoms with Crippen molar-refractivity contribution in [3.8, 4) is 44.5 Å². The van der Waals surface area contributed by atoms with Crippen molar-refractivity contribution in [2.75, 3.05) is 4.90 Å². The highest BCUT2D eigenvalue weighted by molar-refractivity contribution is 6.16. The average molecular weight is 740 g/mol. The fourth-order valence-electron chi connectivity index (χ4n) is 8.67. The summed E-state index contributed by atoms with van der Waals surface area (Å²) < 4.78 is 6.56. The summed E-state index contributed by atoms with van der Waals surface area (Å²) in [6, 6.07) is 80.8. The molecule has 0 aliphatic heterocycles. The zero-order valence-electron chi connectivity index (χ0n) is 31.7. The number of rotatable bonds is 7. The second-order valence-corrected chi connectivity index (χ2v) is 14.9. The highest BCUT2D eigenvalue weighted by Gasteiger charge is 2.22. The molecule has 0 radical (unpaired) electrons. The van der Waals surface area contributed by atoms with Gasteiger partial charge in [0.15, 0.2) is 0 Å². The summed E-state index contributed by atoms with van der Waals surface area (Å²) in [5, 5.41) is 6.99. The normalized spacial score (nSPS) is 11.4. The molecule has 0 aliphatic rings. The number of furan rings is 1. The minimum atomic E-state index is 0.884. The van der Waals surface area contributed by atoms with Gasteiger partial charge in [0.1, 0.15) is 11.2 Å². The van der Waals surface area contributed by atoms with E-state index in [-0.39, 0.29) is 0 Å². The highest BCUT2D eigenvalue weighted by atomic mass is 16.3. The summed E-state index contributed by atoms with van der Waals surface area (Å²) in [6.45, 7) is 0. The predicted molar refractivity (Wildman–Crippen MR) is 245 cm³/mol. The van der Waals surface area contributed by atoms with Gasteiger partial charge in [-0.3, -0.25) is 0 Å². The quantitative estimate of drug-likeness (QED) is 0.162. The lowest BCUT2D eigenvalue weighted by molar-refractivity contribution is 0.672. The Morgan fingerprint density at radius 3 is 1.74 bits per heavy atom. The SMILES string of the molecule is c1ccc(-c2ccc(N(c3cccc(-c4cccc5ccccc45)c3)c3ccccc3-c3ccc4oc5c6ccccc6ccc5c4c3)c(-c3ccccc3)c2)cc1. The molecule has 1 aromatic heterocycles. The third kappa shape index (κ3) is 5.82. The molecule has 58 heavy (non-hydrogen) atoms. The van der Waals surface area contributed by atoms with Crippen molar-refractivity contribution >= 4 is 60.5 Å². The van der Waals surface area contributed by atoms with Gasteiger partial charge in [0.25, 0.3) is 0 Å². The zero-order valence-corrected chi connectivity index (χ0v) is 31.7. The van der Waals surface area contributed by atoms with E-state index in [1.165, 1.54) is 32.8 Å². The van der Waals surface area contributed by atoms with Gasteiger partial charge in [-0.2, -0.15) is 0 Å². The lowest BCUT2D eigenvalue weighted by Gasteiger charge is -2.30.